The number of rotatable bonds is 3. The summed E-state index contributed by atoms with van der Waals surface area (Å²) in [6.45, 7) is -0.0153. The molecule has 0 aromatic heterocycles. The average molecular weight is 498 g/mol. The molecule has 2 aliphatic heterocycles. The van der Waals surface area contributed by atoms with Gasteiger partial charge in [-0.05, 0) is 39.7 Å². The normalized spacial score (nSPS) is 12.5. The van der Waals surface area contributed by atoms with Gasteiger partial charge in [0, 0.05) is 22.2 Å². The Balaban J connectivity index is 1.43. The molecule has 39 heavy (non-hydrogen) atoms. The van der Waals surface area contributed by atoms with Gasteiger partial charge in [0.25, 0.3) is 6.71 Å². The van der Waals surface area contributed by atoms with E-state index in [2.05, 4.69) is 127 Å². The van der Waals surface area contributed by atoms with E-state index in [1.165, 1.54) is 0 Å². The predicted octanol–water partition coefficient (Wildman–Crippen LogP) is 7.42. The van der Waals surface area contributed by atoms with Crippen molar-refractivity contribution in [2.75, 3.05) is 0 Å². The van der Waals surface area contributed by atoms with Crippen molar-refractivity contribution >= 4 is 23.1 Å². The third kappa shape index (κ3) is 3.44. The molecule has 0 fully saturated rings. The number of benzene rings is 6. The van der Waals surface area contributed by atoms with Gasteiger partial charge in [0.15, 0.2) is 0 Å². The first-order valence-corrected chi connectivity index (χ1v) is 13.3. The van der Waals surface area contributed by atoms with Crippen LogP contribution in [0.2, 0.25) is 0 Å². The van der Waals surface area contributed by atoms with Gasteiger partial charge in [0.1, 0.15) is 23.0 Å². The van der Waals surface area contributed by atoms with Crippen LogP contribution in [-0.2, 0) is 0 Å². The summed E-state index contributed by atoms with van der Waals surface area (Å²) in [5.41, 5.74) is 10.1. The number of ether oxygens (including phenoxy) is 2. The van der Waals surface area contributed by atoms with Crippen molar-refractivity contribution in [1.82, 2.24) is 0 Å². The van der Waals surface area contributed by atoms with Gasteiger partial charge in [-0.15, -0.1) is 0 Å². The summed E-state index contributed by atoms with van der Waals surface area (Å²) in [6.07, 6.45) is 0. The molecule has 0 unspecified atom stereocenters. The van der Waals surface area contributed by atoms with Gasteiger partial charge in [0.2, 0.25) is 0 Å². The Morgan fingerprint density at radius 3 is 1.33 bits per heavy atom. The summed E-state index contributed by atoms with van der Waals surface area (Å²) in [4.78, 5) is 0. The van der Waals surface area contributed by atoms with Crippen LogP contribution in [0.3, 0.4) is 0 Å². The summed E-state index contributed by atoms with van der Waals surface area (Å²) in [7, 11) is 0. The molecule has 0 saturated heterocycles. The summed E-state index contributed by atoms with van der Waals surface area (Å²) >= 11 is 0. The fraction of sp³-hybridized carbons (Fsp3) is 0. The molecule has 3 heteroatoms. The monoisotopic (exact) mass is 498 g/mol. The average Bonchev–Trinajstić information content (AvgIpc) is 3.01. The van der Waals surface area contributed by atoms with Gasteiger partial charge in [-0.25, -0.2) is 0 Å². The van der Waals surface area contributed by atoms with E-state index in [4.69, 9.17) is 9.47 Å². The minimum atomic E-state index is -0.0153. The lowest BCUT2D eigenvalue weighted by atomic mass is 9.34. The van der Waals surface area contributed by atoms with Crippen LogP contribution in [-0.4, -0.2) is 6.71 Å². The third-order valence-corrected chi connectivity index (χ3v) is 7.83. The standard InChI is InChI=1S/C36H23BO2/c1-4-12-24(13-5-1)27-18-10-20-30-34(27)38-32-23-22-29(26-16-8-3-9-17-26)36-33(32)37(30)31-21-11-19-28(35(31)39-36)25-14-6-2-7-15-25/h1-23H. The van der Waals surface area contributed by atoms with Gasteiger partial charge in [0.05, 0.1) is 0 Å². The highest BCUT2D eigenvalue weighted by atomic mass is 16.5. The first-order chi connectivity index (χ1) is 19.4. The first-order valence-electron chi connectivity index (χ1n) is 13.3. The van der Waals surface area contributed by atoms with Crippen molar-refractivity contribution in [2.24, 2.45) is 0 Å². The molecule has 0 radical (unpaired) electrons. The van der Waals surface area contributed by atoms with E-state index >= 15 is 0 Å². The number of fused-ring (bicyclic) bond motifs is 4. The Kier molecular flexibility index (Phi) is 4.96. The lowest BCUT2D eigenvalue weighted by Gasteiger charge is -2.35. The molecule has 0 amide bonds. The van der Waals surface area contributed by atoms with Gasteiger partial charge in [-0.2, -0.15) is 0 Å². The number of hydrogen-bond acceptors (Lipinski definition) is 2. The molecule has 2 heterocycles. The second-order valence-electron chi connectivity index (χ2n) is 10.0. The van der Waals surface area contributed by atoms with Crippen LogP contribution in [0.25, 0.3) is 33.4 Å². The molecule has 0 aliphatic carbocycles. The smallest absolute Gasteiger partial charge is 0.260 e. The van der Waals surface area contributed by atoms with Crippen LogP contribution in [0.1, 0.15) is 0 Å². The van der Waals surface area contributed by atoms with E-state index in [0.717, 1.165) is 72.8 Å². The van der Waals surface area contributed by atoms with Crippen LogP contribution in [0.4, 0.5) is 0 Å². The van der Waals surface area contributed by atoms with E-state index in [1.54, 1.807) is 0 Å². The zero-order valence-corrected chi connectivity index (χ0v) is 21.2. The van der Waals surface area contributed by atoms with Crippen molar-refractivity contribution in [3.05, 3.63) is 140 Å². The fourth-order valence-electron chi connectivity index (χ4n) is 6.07. The molecule has 0 saturated carbocycles. The molecular weight excluding hydrogens is 475 g/mol. The molecule has 0 spiro atoms. The molecule has 182 valence electrons. The highest BCUT2D eigenvalue weighted by molar-refractivity contribution is 6.98. The van der Waals surface area contributed by atoms with E-state index < -0.39 is 0 Å². The van der Waals surface area contributed by atoms with Crippen LogP contribution >= 0.6 is 0 Å². The van der Waals surface area contributed by atoms with Gasteiger partial charge >= 0.3 is 0 Å². The Bertz CT molecular complexity index is 1840. The maximum Gasteiger partial charge on any atom is 0.260 e. The van der Waals surface area contributed by atoms with Gasteiger partial charge in [-0.1, -0.05) is 127 Å². The molecule has 0 bridgehead atoms. The fourth-order valence-corrected chi connectivity index (χ4v) is 6.07. The molecule has 6 aromatic carbocycles. The summed E-state index contributed by atoms with van der Waals surface area (Å²) in [5, 5.41) is 0. The first kappa shape index (κ1) is 22.0. The van der Waals surface area contributed by atoms with Crippen molar-refractivity contribution in [1.29, 1.82) is 0 Å². The maximum absolute atomic E-state index is 6.95. The molecule has 6 aromatic rings. The lowest BCUT2D eigenvalue weighted by Crippen LogP contribution is -2.57. The minimum absolute atomic E-state index is 0.0153. The Morgan fingerprint density at radius 1 is 0.359 bits per heavy atom. The zero-order valence-electron chi connectivity index (χ0n) is 21.2. The highest BCUT2D eigenvalue weighted by Crippen LogP contribution is 2.44. The maximum atomic E-state index is 6.95. The lowest BCUT2D eigenvalue weighted by molar-refractivity contribution is 0.467. The highest BCUT2D eigenvalue weighted by Gasteiger charge is 2.42. The largest absolute Gasteiger partial charge is 0.458 e. The van der Waals surface area contributed by atoms with Crippen LogP contribution in [0.15, 0.2) is 140 Å². The molecule has 2 nitrogen and oxygen atoms in total. The van der Waals surface area contributed by atoms with E-state index in [-0.39, 0.29) is 6.71 Å². The number of hydrogen-bond donors (Lipinski definition) is 0. The van der Waals surface area contributed by atoms with Crippen LogP contribution in [0.5, 0.6) is 23.0 Å². The van der Waals surface area contributed by atoms with E-state index in [1.807, 2.05) is 12.1 Å². The topological polar surface area (TPSA) is 18.5 Å². The zero-order chi connectivity index (χ0) is 25.8. The molecule has 8 rings (SSSR count). The van der Waals surface area contributed by atoms with E-state index in [9.17, 15) is 0 Å². The van der Waals surface area contributed by atoms with Gasteiger partial charge < -0.3 is 9.47 Å². The second kappa shape index (κ2) is 8.78. The van der Waals surface area contributed by atoms with Crippen LogP contribution in [0, 0.1) is 0 Å². The molecule has 0 atom stereocenters. The Hall–Kier alpha value is -5.02. The minimum Gasteiger partial charge on any atom is -0.458 e. The summed E-state index contributed by atoms with van der Waals surface area (Å²) in [5.74, 6) is 3.54. The van der Waals surface area contributed by atoms with Crippen LogP contribution < -0.4 is 25.9 Å². The quantitative estimate of drug-likeness (QED) is 0.236. The molecular formula is C36H23BO2. The van der Waals surface area contributed by atoms with Gasteiger partial charge in [-0.3, -0.25) is 0 Å². The predicted molar refractivity (Wildman–Crippen MR) is 160 cm³/mol. The Morgan fingerprint density at radius 2 is 0.821 bits per heavy atom. The summed E-state index contributed by atoms with van der Waals surface area (Å²) < 4.78 is 13.7. The number of para-hydroxylation sites is 2. The SMILES string of the molecule is c1ccc(-c2cccc3c2Oc2ccc(-c4ccccc4)c4c2B3c2cccc(-c3ccccc3)c2O4)cc1. The Labute approximate surface area is 228 Å². The summed E-state index contributed by atoms with van der Waals surface area (Å²) in [6, 6.07) is 48.7. The van der Waals surface area contributed by atoms with Crippen molar-refractivity contribution < 1.29 is 9.47 Å². The van der Waals surface area contributed by atoms with E-state index in [0.29, 0.717) is 0 Å². The van der Waals surface area contributed by atoms with Crippen molar-refractivity contribution in [3.8, 4) is 56.4 Å². The van der Waals surface area contributed by atoms with Crippen molar-refractivity contribution in [3.63, 3.8) is 0 Å². The third-order valence-electron chi connectivity index (χ3n) is 7.83. The molecule has 2 aliphatic rings. The molecule has 0 N–H and O–H groups in total. The second-order valence-corrected chi connectivity index (χ2v) is 10.0. The van der Waals surface area contributed by atoms with Crippen molar-refractivity contribution in [2.45, 2.75) is 0 Å².